The van der Waals surface area contributed by atoms with Crippen molar-refractivity contribution in [3.63, 3.8) is 0 Å². The number of hydrogen-bond acceptors (Lipinski definition) is 6. The van der Waals surface area contributed by atoms with Crippen molar-refractivity contribution in [2.24, 2.45) is 22.9 Å². The quantitative estimate of drug-likeness (QED) is 0.330. The van der Waals surface area contributed by atoms with Gasteiger partial charge in [0.15, 0.2) is 0 Å². The van der Waals surface area contributed by atoms with Gasteiger partial charge >= 0.3 is 0 Å². The molecule has 0 aromatic rings. The maximum Gasteiger partial charge on any atom is 0.242 e. The fourth-order valence-corrected chi connectivity index (χ4v) is 6.12. The van der Waals surface area contributed by atoms with E-state index >= 15 is 0 Å². The van der Waals surface area contributed by atoms with Crippen molar-refractivity contribution in [1.29, 1.82) is 0 Å². The molecule has 5 atom stereocenters. The zero-order valence-corrected chi connectivity index (χ0v) is 22.8. The van der Waals surface area contributed by atoms with Crippen LogP contribution in [0.5, 0.6) is 0 Å². The molecule has 204 valence electrons. The van der Waals surface area contributed by atoms with Gasteiger partial charge in [-0.15, -0.1) is 0 Å². The minimum Gasteiger partial charge on any atom is -0.380 e. The zero-order valence-electron chi connectivity index (χ0n) is 22.8. The van der Waals surface area contributed by atoms with Gasteiger partial charge in [0.2, 0.25) is 12.3 Å². The Kier molecular flexibility index (Phi) is 9.78. The predicted molar refractivity (Wildman–Crippen MR) is 142 cm³/mol. The molecule has 36 heavy (non-hydrogen) atoms. The number of nitrogens with one attached hydrogen (secondary N) is 2. The van der Waals surface area contributed by atoms with Crippen LogP contribution >= 0.6 is 0 Å². The van der Waals surface area contributed by atoms with Gasteiger partial charge in [-0.1, -0.05) is 20.4 Å². The van der Waals surface area contributed by atoms with Crippen molar-refractivity contribution in [2.45, 2.75) is 77.9 Å². The van der Waals surface area contributed by atoms with E-state index < -0.39 is 12.3 Å². The van der Waals surface area contributed by atoms with Gasteiger partial charge in [-0.05, 0) is 56.7 Å². The monoisotopic (exact) mass is 508 g/mol. The van der Waals surface area contributed by atoms with Gasteiger partial charge in [0.25, 0.3) is 0 Å². The number of piperidine rings is 1. The number of amides is 1. The summed E-state index contributed by atoms with van der Waals surface area (Å²) in [5.41, 5.74) is 3.20. The Hall–Kier alpha value is -2.16. The number of carbonyl (C=O) groups excluding carboxylic acids is 1. The molecule has 3 rings (SSSR count). The average molecular weight is 509 g/mol. The van der Waals surface area contributed by atoms with Crippen LogP contribution in [0.15, 0.2) is 28.6 Å². The minimum atomic E-state index is -2.44. The third kappa shape index (κ3) is 6.39. The molecule has 1 amide bonds. The van der Waals surface area contributed by atoms with Crippen LogP contribution in [0.4, 0.5) is 8.78 Å². The van der Waals surface area contributed by atoms with Gasteiger partial charge in [0, 0.05) is 76.1 Å². The molecule has 0 saturated carbocycles. The van der Waals surface area contributed by atoms with Gasteiger partial charge in [-0.2, -0.15) is 5.10 Å². The van der Waals surface area contributed by atoms with E-state index in [1.165, 1.54) is 11.3 Å². The average Bonchev–Trinajstić information content (AvgIpc) is 3.23. The van der Waals surface area contributed by atoms with Gasteiger partial charge in [0.05, 0.1) is 6.04 Å². The molecule has 9 heteroatoms. The molecule has 0 bridgehead atoms. The molecule has 3 heterocycles. The summed E-state index contributed by atoms with van der Waals surface area (Å²) >= 11 is 0. The summed E-state index contributed by atoms with van der Waals surface area (Å²) in [5, 5.41) is 12.7. The molecule has 3 aliphatic rings. The van der Waals surface area contributed by atoms with Crippen molar-refractivity contribution < 1.29 is 13.6 Å². The number of carbonyl (C=O) groups is 1. The van der Waals surface area contributed by atoms with Crippen molar-refractivity contribution in [2.75, 3.05) is 39.8 Å². The summed E-state index contributed by atoms with van der Waals surface area (Å²) in [6.45, 7) is 19.4. The van der Waals surface area contributed by atoms with E-state index in [-0.39, 0.29) is 36.2 Å². The number of hydrazone groups is 1. The Balaban J connectivity index is 1.72. The second kappa shape index (κ2) is 12.4. The van der Waals surface area contributed by atoms with E-state index in [0.29, 0.717) is 18.3 Å². The van der Waals surface area contributed by atoms with Crippen molar-refractivity contribution in [3.8, 4) is 0 Å². The van der Waals surface area contributed by atoms with Crippen LogP contribution in [0.25, 0.3) is 0 Å². The number of allylic oxidation sites excluding steroid dienone is 1. The summed E-state index contributed by atoms with van der Waals surface area (Å²) in [5.74, 6) is -0.953. The lowest BCUT2D eigenvalue weighted by Crippen LogP contribution is -2.44. The molecule has 0 aliphatic carbocycles. The predicted octanol–water partition coefficient (Wildman–Crippen LogP) is 3.51. The van der Waals surface area contributed by atoms with E-state index in [1.807, 2.05) is 32.7 Å². The fraction of sp³-hybridized carbons (Fsp3) is 0.778. The minimum absolute atomic E-state index is 0.000800. The highest BCUT2D eigenvalue weighted by Crippen LogP contribution is 2.36. The Morgan fingerprint density at radius 3 is 2.50 bits per heavy atom. The normalized spacial score (nSPS) is 24.3. The molecule has 0 aromatic carbocycles. The van der Waals surface area contributed by atoms with E-state index in [4.69, 9.17) is 0 Å². The molecular weight excluding hydrogens is 462 g/mol. The Labute approximate surface area is 216 Å². The Bertz CT molecular complexity index is 827. The Morgan fingerprint density at radius 2 is 1.92 bits per heavy atom. The number of rotatable bonds is 11. The highest BCUT2D eigenvalue weighted by Gasteiger charge is 2.40. The van der Waals surface area contributed by atoms with Crippen LogP contribution in [-0.4, -0.2) is 91.8 Å². The zero-order chi connectivity index (χ0) is 26.6. The van der Waals surface area contributed by atoms with E-state index in [1.54, 1.807) is 11.9 Å². The highest BCUT2D eigenvalue weighted by atomic mass is 19.3. The molecule has 5 unspecified atom stereocenters. The lowest BCUT2D eigenvalue weighted by Gasteiger charge is -2.37. The summed E-state index contributed by atoms with van der Waals surface area (Å²) in [6, 6.07) is 0.471. The molecule has 0 spiro atoms. The van der Waals surface area contributed by atoms with E-state index in [9.17, 15) is 13.6 Å². The smallest absolute Gasteiger partial charge is 0.242 e. The van der Waals surface area contributed by atoms with Crippen molar-refractivity contribution in [1.82, 2.24) is 25.4 Å². The van der Waals surface area contributed by atoms with E-state index in [0.717, 1.165) is 45.4 Å². The lowest BCUT2D eigenvalue weighted by atomic mass is 9.78. The molecule has 3 aliphatic heterocycles. The van der Waals surface area contributed by atoms with Crippen LogP contribution in [0.1, 0.15) is 53.4 Å². The van der Waals surface area contributed by atoms with Gasteiger partial charge in [-0.25, -0.2) is 8.78 Å². The van der Waals surface area contributed by atoms with E-state index in [2.05, 4.69) is 33.9 Å². The number of hydrogen-bond donors (Lipinski definition) is 2. The SMILES string of the molecule is C=NN(C)C(C)C(C)C(C)C(CC(=C)NC1CN(C2CCNCC2)C2=C1CN(C(C)=O)CC2)C(F)F. The first kappa shape index (κ1) is 28.4. The first-order valence-corrected chi connectivity index (χ1v) is 13.4. The summed E-state index contributed by atoms with van der Waals surface area (Å²) < 4.78 is 28.5. The van der Waals surface area contributed by atoms with Crippen LogP contribution < -0.4 is 10.6 Å². The third-order valence-corrected chi connectivity index (χ3v) is 8.95. The highest BCUT2D eigenvalue weighted by molar-refractivity contribution is 5.74. The molecule has 0 radical (unpaired) electrons. The van der Waals surface area contributed by atoms with Crippen LogP contribution in [0.3, 0.4) is 0 Å². The summed E-state index contributed by atoms with van der Waals surface area (Å²) in [4.78, 5) is 16.5. The summed E-state index contributed by atoms with van der Waals surface area (Å²) in [7, 11) is 1.83. The number of nitrogens with zero attached hydrogens (tertiary/aromatic N) is 4. The van der Waals surface area contributed by atoms with Crippen molar-refractivity contribution >= 4 is 12.6 Å². The number of alkyl halides is 2. The topological polar surface area (TPSA) is 63.2 Å². The summed E-state index contributed by atoms with van der Waals surface area (Å²) in [6.07, 6.45) is 0.804. The molecule has 0 aromatic heterocycles. The third-order valence-electron chi connectivity index (χ3n) is 8.95. The van der Waals surface area contributed by atoms with Crippen LogP contribution in [0, 0.1) is 17.8 Å². The second-order valence-electron chi connectivity index (χ2n) is 11.0. The Morgan fingerprint density at radius 1 is 1.25 bits per heavy atom. The molecule has 7 nitrogen and oxygen atoms in total. The van der Waals surface area contributed by atoms with Crippen LogP contribution in [0.2, 0.25) is 0 Å². The maximum atomic E-state index is 14.3. The molecule has 1 saturated heterocycles. The first-order valence-electron chi connectivity index (χ1n) is 13.4. The van der Waals surface area contributed by atoms with Gasteiger partial charge in [-0.3, -0.25) is 9.80 Å². The van der Waals surface area contributed by atoms with Crippen molar-refractivity contribution in [3.05, 3.63) is 23.5 Å². The fourth-order valence-electron chi connectivity index (χ4n) is 6.12. The molecule has 2 N–H and O–H groups in total. The second-order valence-corrected chi connectivity index (χ2v) is 11.0. The molecule has 1 fully saturated rings. The molecular formula is C27H46F2N6O. The number of halogens is 2. The first-order chi connectivity index (χ1) is 17.0. The van der Waals surface area contributed by atoms with Crippen LogP contribution in [-0.2, 0) is 4.79 Å². The standard InChI is InChI=1S/C27H46F2N6O/c1-17(14-23(27(28)29)19(3)18(2)20(4)33(7)30-6)32-25-16-35(22-8-11-31-12-9-22)26-10-13-34(21(5)36)15-24(25)26/h18-20,22-23,25,27,31-32H,1,6,8-16H2,2-5,7H3. The van der Waals surface area contributed by atoms with Gasteiger partial charge in [0.1, 0.15) is 0 Å². The lowest BCUT2D eigenvalue weighted by molar-refractivity contribution is -0.128. The maximum absolute atomic E-state index is 14.3. The largest absolute Gasteiger partial charge is 0.380 e. The van der Waals surface area contributed by atoms with Gasteiger partial charge < -0.3 is 20.4 Å².